The highest BCUT2D eigenvalue weighted by Gasteiger charge is 2.26. The van der Waals surface area contributed by atoms with Gasteiger partial charge in [-0.05, 0) is 12.8 Å². The molecule has 0 rings (SSSR count). The molecule has 0 radical (unpaired) electrons. The van der Waals surface area contributed by atoms with Crippen LogP contribution in [0.15, 0.2) is 0 Å². The van der Waals surface area contributed by atoms with Gasteiger partial charge in [-0.1, -0.05) is 290 Å². The van der Waals surface area contributed by atoms with E-state index in [1.165, 1.54) is 250 Å². The van der Waals surface area contributed by atoms with Crippen LogP contribution in [0.5, 0.6) is 0 Å². The van der Waals surface area contributed by atoms with E-state index in [1.54, 1.807) is 0 Å². The van der Waals surface area contributed by atoms with E-state index in [1.807, 2.05) is 0 Å². The molecule has 0 amide bonds. The molecule has 0 fully saturated rings. The first-order valence-electron chi connectivity index (χ1n) is 29.0. The molecular formula is C56H112NO8P. The summed E-state index contributed by atoms with van der Waals surface area (Å²) in [5, 5.41) is 0. The molecule has 0 aromatic rings. The fourth-order valence-corrected chi connectivity index (χ4v) is 9.70. The number of hydrogen-bond donors (Lipinski definition) is 2. The molecule has 66 heavy (non-hydrogen) atoms. The lowest BCUT2D eigenvalue weighted by Gasteiger charge is -2.19. The normalized spacial score (nSPS) is 13.0. The van der Waals surface area contributed by atoms with Crippen LogP contribution in [0, 0.1) is 0 Å². The maximum Gasteiger partial charge on any atom is 0.472 e. The summed E-state index contributed by atoms with van der Waals surface area (Å²) in [7, 11) is -4.38. The topological polar surface area (TPSA) is 134 Å². The molecule has 3 N–H and O–H groups in total. The first-order valence-corrected chi connectivity index (χ1v) is 30.5. The Morgan fingerprint density at radius 3 is 0.924 bits per heavy atom. The Morgan fingerprint density at radius 1 is 0.394 bits per heavy atom. The summed E-state index contributed by atoms with van der Waals surface area (Å²) in [5.41, 5.74) is 5.38. The van der Waals surface area contributed by atoms with Crippen molar-refractivity contribution in [1.82, 2.24) is 0 Å². The second-order valence-corrected chi connectivity index (χ2v) is 21.3. The van der Waals surface area contributed by atoms with Gasteiger partial charge in [0.25, 0.3) is 0 Å². The number of esters is 2. The Balaban J connectivity index is 3.90. The lowest BCUT2D eigenvalue weighted by atomic mass is 10.0. The molecule has 0 heterocycles. The summed E-state index contributed by atoms with van der Waals surface area (Å²) in [5.74, 6) is -0.802. The van der Waals surface area contributed by atoms with Crippen molar-refractivity contribution in [3.63, 3.8) is 0 Å². The number of rotatable bonds is 56. The van der Waals surface area contributed by atoms with Gasteiger partial charge < -0.3 is 20.1 Å². The maximum atomic E-state index is 12.7. The first kappa shape index (κ1) is 65.0. The summed E-state index contributed by atoms with van der Waals surface area (Å²) in [6.45, 7) is 3.82. The summed E-state index contributed by atoms with van der Waals surface area (Å²) < 4.78 is 33.0. The minimum absolute atomic E-state index is 0.0586. The van der Waals surface area contributed by atoms with Gasteiger partial charge in [0.15, 0.2) is 6.10 Å². The van der Waals surface area contributed by atoms with Crippen LogP contribution in [0.2, 0.25) is 0 Å². The smallest absolute Gasteiger partial charge is 0.462 e. The van der Waals surface area contributed by atoms with Gasteiger partial charge in [-0.3, -0.25) is 18.6 Å². The monoisotopic (exact) mass is 958 g/mol. The number of unbranched alkanes of at least 4 members (excludes halogenated alkanes) is 43. The number of carbonyl (C=O) groups excluding carboxylic acids is 2. The van der Waals surface area contributed by atoms with E-state index in [0.717, 1.165) is 32.1 Å². The van der Waals surface area contributed by atoms with Gasteiger partial charge in [-0.15, -0.1) is 0 Å². The standard InChI is InChI=1S/C56H112NO8P/c1-3-5-7-9-11-13-15-17-19-21-23-24-25-26-27-28-29-31-33-35-37-39-41-43-45-47-49-56(59)65-54(53-64-66(60,61)63-51-50-57)52-62-55(58)48-46-44-42-40-38-36-34-32-30-22-20-18-16-14-12-10-8-6-4-2/h54H,3-53,57H2,1-2H3,(H,60,61). The molecule has 0 spiro atoms. The summed E-state index contributed by atoms with van der Waals surface area (Å²) in [6, 6.07) is 0. The van der Waals surface area contributed by atoms with Crippen LogP contribution < -0.4 is 5.73 Å². The number of hydrogen-bond acceptors (Lipinski definition) is 8. The molecule has 2 atom stereocenters. The van der Waals surface area contributed by atoms with Crippen molar-refractivity contribution in [3.8, 4) is 0 Å². The molecule has 0 saturated heterocycles. The van der Waals surface area contributed by atoms with Gasteiger partial charge >= 0.3 is 19.8 Å². The Bertz CT molecular complexity index is 1050. The van der Waals surface area contributed by atoms with Gasteiger partial charge in [0, 0.05) is 19.4 Å². The molecule has 0 aromatic heterocycles. The third-order valence-corrected chi connectivity index (χ3v) is 14.2. The molecule has 394 valence electrons. The van der Waals surface area contributed by atoms with Gasteiger partial charge in [0.2, 0.25) is 0 Å². The van der Waals surface area contributed by atoms with Crippen LogP contribution in [0.4, 0.5) is 0 Å². The van der Waals surface area contributed by atoms with Crippen LogP contribution in [0.1, 0.15) is 316 Å². The molecule has 0 aliphatic carbocycles. The van der Waals surface area contributed by atoms with Gasteiger partial charge in [0.05, 0.1) is 13.2 Å². The fraction of sp³-hybridized carbons (Fsp3) is 0.964. The van der Waals surface area contributed by atoms with Crippen molar-refractivity contribution in [2.45, 2.75) is 322 Å². The quantitative estimate of drug-likeness (QED) is 0.0347. The van der Waals surface area contributed by atoms with Crippen LogP contribution in [-0.4, -0.2) is 49.3 Å². The third kappa shape index (κ3) is 52.4. The highest BCUT2D eigenvalue weighted by molar-refractivity contribution is 7.47. The molecule has 2 unspecified atom stereocenters. The lowest BCUT2D eigenvalue weighted by Crippen LogP contribution is -2.29. The predicted octanol–water partition coefficient (Wildman–Crippen LogP) is 17.9. The van der Waals surface area contributed by atoms with Gasteiger partial charge in [0.1, 0.15) is 6.61 Å². The van der Waals surface area contributed by atoms with Crippen LogP contribution in [0.3, 0.4) is 0 Å². The summed E-state index contributed by atoms with van der Waals surface area (Å²) in [6.07, 6.45) is 58.8. The minimum atomic E-state index is -4.38. The number of phosphoric acid groups is 1. The van der Waals surface area contributed by atoms with E-state index in [-0.39, 0.29) is 38.6 Å². The highest BCUT2D eigenvalue weighted by Crippen LogP contribution is 2.43. The molecule has 0 aromatic carbocycles. The lowest BCUT2D eigenvalue weighted by molar-refractivity contribution is -0.161. The van der Waals surface area contributed by atoms with Crippen molar-refractivity contribution in [3.05, 3.63) is 0 Å². The van der Waals surface area contributed by atoms with E-state index in [4.69, 9.17) is 24.3 Å². The van der Waals surface area contributed by atoms with Crippen molar-refractivity contribution < 1.29 is 37.6 Å². The number of ether oxygens (including phenoxy) is 2. The fourth-order valence-electron chi connectivity index (χ4n) is 8.93. The summed E-state index contributed by atoms with van der Waals surface area (Å²) >= 11 is 0. The zero-order valence-electron chi connectivity index (χ0n) is 44.0. The van der Waals surface area contributed by atoms with E-state index in [9.17, 15) is 19.0 Å². The van der Waals surface area contributed by atoms with Crippen molar-refractivity contribution in [2.75, 3.05) is 26.4 Å². The Labute approximate surface area is 409 Å². The molecule has 9 nitrogen and oxygen atoms in total. The average molecular weight is 958 g/mol. The van der Waals surface area contributed by atoms with E-state index < -0.39 is 26.5 Å². The predicted molar refractivity (Wildman–Crippen MR) is 280 cm³/mol. The number of phosphoric ester groups is 1. The van der Waals surface area contributed by atoms with E-state index in [2.05, 4.69) is 13.8 Å². The maximum absolute atomic E-state index is 12.7. The second kappa shape index (κ2) is 53.4. The van der Waals surface area contributed by atoms with Gasteiger partial charge in [-0.2, -0.15) is 0 Å². The molecular weight excluding hydrogens is 846 g/mol. The second-order valence-electron chi connectivity index (χ2n) is 19.9. The van der Waals surface area contributed by atoms with Crippen LogP contribution in [-0.2, 0) is 32.7 Å². The highest BCUT2D eigenvalue weighted by atomic mass is 31.2. The van der Waals surface area contributed by atoms with Crippen LogP contribution in [0.25, 0.3) is 0 Å². The zero-order chi connectivity index (χ0) is 48.1. The zero-order valence-corrected chi connectivity index (χ0v) is 44.9. The van der Waals surface area contributed by atoms with Crippen molar-refractivity contribution in [1.29, 1.82) is 0 Å². The van der Waals surface area contributed by atoms with Crippen LogP contribution >= 0.6 is 7.82 Å². The molecule has 0 saturated carbocycles. The first-order chi connectivity index (χ1) is 32.3. The van der Waals surface area contributed by atoms with E-state index >= 15 is 0 Å². The SMILES string of the molecule is CCCCCCCCCCCCCCCCCCCCCCCCCCCCC(=O)OC(COC(=O)CCCCCCCCCCCCCCCCCCCCC)COP(=O)(O)OCCN. The number of carbonyl (C=O) groups is 2. The largest absolute Gasteiger partial charge is 0.472 e. The Hall–Kier alpha value is -0.990. The molecule has 0 bridgehead atoms. The molecule has 0 aliphatic rings. The van der Waals surface area contributed by atoms with E-state index in [0.29, 0.717) is 6.42 Å². The molecule has 10 heteroatoms. The molecule has 0 aliphatic heterocycles. The minimum Gasteiger partial charge on any atom is -0.462 e. The number of nitrogens with two attached hydrogens (primary N) is 1. The third-order valence-electron chi connectivity index (χ3n) is 13.2. The summed E-state index contributed by atoms with van der Waals surface area (Å²) in [4.78, 5) is 35.2. The Kier molecular flexibility index (Phi) is 52.6. The van der Waals surface area contributed by atoms with Crippen molar-refractivity contribution in [2.24, 2.45) is 5.73 Å². The van der Waals surface area contributed by atoms with Gasteiger partial charge in [-0.25, -0.2) is 4.57 Å². The van der Waals surface area contributed by atoms with Crippen molar-refractivity contribution >= 4 is 19.8 Å². The Morgan fingerprint density at radius 2 is 0.652 bits per heavy atom. The average Bonchev–Trinajstić information content (AvgIpc) is 3.31.